The van der Waals surface area contributed by atoms with E-state index in [2.05, 4.69) is 5.32 Å². The Kier molecular flexibility index (Phi) is 8.59. The number of halogens is 4. The molecule has 2 nitrogen and oxygen atoms in total. The van der Waals surface area contributed by atoms with Crippen molar-refractivity contribution in [3.8, 4) is 0 Å². The SMILES string of the molecule is Cc1ccc([C@H](C(F)F)N2CCNCC2)cc1C.Cl.Cl. The molecular weight excluding hydrogens is 305 g/mol. The highest BCUT2D eigenvalue weighted by molar-refractivity contribution is 5.85. The Morgan fingerprint density at radius 2 is 1.65 bits per heavy atom. The standard InChI is InChI=1S/C14H20F2N2.2ClH/c1-10-3-4-12(9-11(10)2)13(14(15)16)18-7-5-17-6-8-18;;/h3-4,9,13-14,17H,5-8H2,1-2H3;2*1H/t13-;;/m1../s1. The Morgan fingerprint density at radius 3 is 2.15 bits per heavy atom. The lowest BCUT2D eigenvalue weighted by Gasteiger charge is -2.34. The zero-order valence-electron chi connectivity index (χ0n) is 11.7. The van der Waals surface area contributed by atoms with Crippen molar-refractivity contribution in [1.29, 1.82) is 0 Å². The maximum Gasteiger partial charge on any atom is 0.258 e. The minimum Gasteiger partial charge on any atom is -0.314 e. The van der Waals surface area contributed by atoms with Crippen LogP contribution < -0.4 is 5.32 Å². The first kappa shape index (κ1) is 19.6. The molecule has 0 radical (unpaired) electrons. The first-order valence-electron chi connectivity index (χ1n) is 6.39. The average molecular weight is 327 g/mol. The third-order valence-electron chi connectivity index (χ3n) is 3.66. The average Bonchev–Trinajstić information content (AvgIpc) is 2.35. The van der Waals surface area contributed by atoms with Gasteiger partial charge in [0.1, 0.15) is 0 Å². The van der Waals surface area contributed by atoms with Crippen LogP contribution in [0.3, 0.4) is 0 Å². The molecule has 1 fully saturated rings. The van der Waals surface area contributed by atoms with Crippen LogP contribution >= 0.6 is 24.8 Å². The Hall–Kier alpha value is -0.420. The zero-order chi connectivity index (χ0) is 13.1. The second kappa shape index (κ2) is 8.78. The monoisotopic (exact) mass is 326 g/mol. The summed E-state index contributed by atoms with van der Waals surface area (Å²) in [6.07, 6.45) is -2.34. The number of piperazine rings is 1. The van der Waals surface area contributed by atoms with E-state index in [0.717, 1.165) is 29.8 Å². The van der Waals surface area contributed by atoms with Crippen molar-refractivity contribution in [1.82, 2.24) is 10.2 Å². The van der Waals surface area contributed by atoms with Gasteiger partial charge in [-0.2, -0.15) is 0 Å². The van der Waals surface area contributed by atoms with E-state index in [1.54, 1.807) is 0 Å². The van der Waals surface area contributed by atoms with E-state index in [1.807, 2.05) is 36.9 Å². The normalized spacial score (nSPS) is 17.2. The molecule has 0 bridgehead atoms. The van der Waals surface area contributed by atoms with E-state index in [4.69, 9.17) is 0 Å². The largest absolute Gasteiger partial charge is 0.314 e. The van der Waals surface area contributed by atoms with Crippen LogP contribution in [0.15, 0.2) is 18.2 Å². The number of hydrogen-bond donors (Lipinski definition) is 1. The van der Waals surface area contributed by atoms with Crippen molar-refractivity contribution in [3.63, 3.8) is 0 Å². The fraction of sp³-hybridized carbons (Fsp3) is 0.571. The molecule has 1 heterocycles. The van der Waals surface area contributed by atoms with Crippen LogP contribution in [0.25, 0.3) is 0 Å². The summed E-state index contributed by atoms with van der Waals surface area (Å²) in [6, 6.07) is 4.89. The molecule has 0 aliphatic carbocycles. The van der Waals surface area contributed by atoms with Gasteiger partial charge in [-0.1, -0.05) is 18.2 Å². The van der Waals surface area contributed by atoms with Crippen molar-refractivity contribution in [2.45, 2.75) is 26.3 Å². The molecule has 2 rings (SSSR count). The first-order chi connectivity index (χ1) is 8.59. The molecule has 1 aliphatic heterocycles. The Labute approximate surface area is 131 Å². The number of hydrogen-bond acceptors (Lipinski definition) is 2. The predicted octanol–water partition coefficient (Wildman–Crippen LogP) is 3.36. The fourth-order valence-corrected chi connectivity index (χ4v) is 2.42. The van der Waals surface area contributed by atoms with E-state index < -0.39 is 12.5 Å². The molecular formula is C14H22Cl2F2N2. The number of nitrogens with zero attached hydrogens (tertiary/aromatic N) is 1. The van der Waals surface area contributed by atoms with Gasteiger partial charge in [-0.15, -0.1) is 24.8 Å². The van der Waals surface area contributed by atoms with Gasteiger partial charge in [0, 0.05) is 26.2 Å². The summed E-state index contributed by atoms with van der Waals surface area (Å²) in [5.41, 5.74) is 2.95. The van der Waals surface area contributed by atoms with E-state index in [0.29, 0.717) is 13.1 Å². The van der Waals surface area contributed by atoms with Gasteiger partial charge < -0.3 is 5.32 Å². The van der Waals surface area contributed by atoms with E-state index in [-0.39, 0.29) is 24.8 Å². The molecule has 20 heavy (non-hydrogen) atoms. The number of nitrogens with one attached hydrogen (secondary N) is 1. The van der Waals surface area contributed by atoms with Crippen LogP contribution in [-0.2, 0) is 0 Å². The van der Waals surface area contributed by atoms with Crippen LogP contribution in [-0.4, -0.2) is 37.5 Å². The summed E-state index contributed by atoms with van der Waals surface area (Å²) >= 11 is 0. The highest BCUT2D eigenvalue weighted by Crippen LogP contribution is 2.29. The smallest absolute Gasteiger partial charge is 0.258 e. The molecule has 1 saturated heterocycles. The highest BCUT2D eigenvalue weighted by atomic mass is 35.5. The maximum absolute atomic E-state index is 13.3. The number of rotatable bonds is 3. The van der Waals surface area contributed by atoms with Gasteiger partial charge in [-0.25, -0.2) is 8.78 Å². The van der Waals surface area contributed by atoms with Crippen LogP contribution in [0, 0.1) is 13.8 Å². The number of alkyl halides is 2. The van der Waals surface area contributed by atoms with Gasteiger partial charge >= 0.3 is 0 Å². The van der Waals surface area contributed by atoms with Gasteiger partial charge in [0.15, 0.2) is 0 Å². The molecule has 116 valence electrons. The predicted molar refractivity (Wildman–Crippen MR) is 83.6 cm³/mol. The Morgan fingerprint density at radius 1 is 1.05 bits per heavy atom. The zero-order valence-corrected chi connectivity index (χ0v) is 13.4. The molecule has 1 aliphatic rings. The van der Waals surface area contributed by atoms with Gasteiger partial charge in [0.05, 0.1) is 6.04 Å². The molecule has 1 aromatic carbocycles. The first-order valence-corrected chi connectivity index (χ1v) is 6.39. The van der Waals surface area contributed by atoms with Crippen molar-refractivity contribution in [2.75, 3.05) is 26.2 Å². The second-order valence-electron chi connectivity index (χ2n) is 4.91. The third-order valence-corrected chi connectivity index (χ3v) is 3.66. The highest BCUT2D eigenvalue weighted by Gasteiger charge is 2.30. The molecule has 1 N–H and O–H groups in total. The Bertz CT molecular complexity index is 410. The minimum atomic E-state index is -2.34. The van der Waals surface area contributed by atoms with Crippen LogP contribution in [0.4, 0.5) is 8.78 Å². The minimum absolute atomic E-state index is 0. The Balaban J connectivity index is 0.00000180. The molecule has 0 aromatic heterocycles. The van der Waals surface area contributed by atoms with E-state index >= 15 is 0 Å². The van der Waals surface area contributed by atoms with Crippen LogP contribution in [0.2, 0.25) is 0 Å². The van der Waals surface area contributed by atoms with Crippen LogP contribution in [0.5, 0.6) is 0 Å². The fourth-order valence-electron chi connectivity index (χ4n) is 2.42. The van der Waals surface area contributed by atoms with Crippen LogP contribution in [0.1, 0.15) is 22.7 Å². The lowest BCUT2D eigenvalue weighted by molar-refractivity contribution is 0.0181. The molecule has 0 amide bonds. The van der Waals surface area contributed by atoms with Gasteiger partial charge in [-0.05, 0) is 30.5 Å². The number of benzene rings is 1. The summed E-state index contributed by atoms with van der Waals surface area (Å²) in [6.45, 7) is 6.91. The second-order valence-corrected chi connectivity index (χ2v) is 4.91. The lowest BCUT2D eigenvalue weighted by Crippen LogP contribution is -2.46. The summed E-state index contributed by atoms with van der Waals surface area (Å²) in [7, 11) is 0. The topological polar surface area (TPSA) is 15.3 Å². The molecule has 1 aromatic rings. The van der Waals surface area contributed by atoms with Gasteiger partial charge in [0.25, 0.3) is 6.43 Å². The van der Waals surface area contributed by atoms with Crippen molar-refractivity contribution in [2.24, 2.45) is 0 Å². The van der Waals surface area contributed by atoms with E-state index in [1.165, 1.54) is 0 Å². The summed E-state index contributed by atoms with van der Waals surface area (Å²) in [4.78, 5) is 1.88. The number of aryl methyl sites for hydroxylation is 2. The molecule has 0 spiro atoms. The molecule has 6 heteroatoms. The van der Waals surface area contributed by atoms with Crippen molar-refractivity contribution in [3.05, 3.63) is 34.9 Å². The maximum atomic E-state index is 13.3. The molecule has 0 unspecified atom stereocenters. The molecule has 0 saturated carbocycles. The van der Waals surface area contributed by atoms with Crippen molar-refractivity contribution < 1.29 is 8.78 Å². The summed E-state index contributed by atoms with van der Waals surface area (Å²) < 4.78 is 26.7. The van der Waals surface area contributed by atoms with Gasteiger partial charge in [0.2, 0.25) is 0 Å². The van der Waals surface area contributed by atoms with Gasteiger partial charge in [-0.3, -0.25) is 4.90 Å². The quantitative estimate of drug-likeness (QED) is 0.916. The van der Waals surface area contributed by atoms with Crippen molar-refractivity contribution >= 4 is 24.8 Å². The third kappa shape index (κ3) is 4.55. The van der Waals surface area contributed by atoms with E-state index in [9.17, 15) is 8.78 Å². The summed E-state index contributed by atoms with van der Waals surface area (Å²) in [5.74, 6) is 0. The molecule has 1 atom stereocenters. The summed E-state index contributed by atoms with van der Waals surface area (Å²) in [5, 5.41) is 3.19. The lowest BCUT2D eigenvalue weighted by atomic mass is 9.99.